The van der Waals surface area contributed by atoms with Crippen molar-refractivity contribution in [2.24, 2.45) is 0 Å². The number of amides is 1. The van der Waals surface area contributed by atoms with E-state index in [1.807, 2.05) is 24.3 Å². The van der Waals surface area contributed by atoms with E-state index in [1.54, 1.807) is 12.1 Å². The van der Waals surface area contributed by atoms with Crippen molar-refractivity contribution in [3.05, 3.63) is 71.5 Å². The van der Waals surface area contributed by atoms with Crippen LogP contribution >= 0.6 is 0 Å². The van der Waals surface area contributed by atoms with E-state index >= 15 is 0 Å². The highest BCUT2D eigenvalue weighted by molar-refractivity contribution is 5.89. The Morgan fingerprint density at radius 2 is 1.76 bits per heavy atom. The van der Waals surface area contributed by atoms with Gasteiger partial charge < -0.3 is 5.32 Å². The van der Waals surface area contributed by atoms with Crippen LogP contribution in [0.25, 0.3) is 0 Å². The molecular weight excluding hydrogens is 313 g/mol. The van der Waals surface area contributed by atoms with Crippen molar-refractivity contribution in [3.63, 3.8) is 0 Å². The fourth-order valence-corrected chi connectivity index (χ4v) is 4.32. The number of carbonyl (C=O) groups is 1. The lowest BCUT2D eigenvalue weighted by molar-refractivity contribution is -0.128. The topological polar surface area (TPSA) is 29.1 Å². The lowest BCUT2D eigenvalue weighted by Crippen LogP contribution is -2.46. The first-order chi connectivity index (χ1) is 12.2. The van der Waals surface area contributed by atoms with E-state index in [-0.39, 0.29) is 17.8 Å². The molecule has 0 bridgehead atoms. The van der Waals surface area contributed by atoms with Gasteiger partial charge in [0, 0.05) is 12.0 Å². The predicted molar refractivity (Wildman–Crippen MR) is 96.9 cm³/mol. The summed E-state index contributed by atoms with van der Waals surface area (Å²) >= 11 is 0. The summed E-state index contributed by atoms with van der Waals surface area (Å²) in [5.74, 6) is 0.239. The van der Waals surface area contributed by atoms with E-state index in [0.717, 1.165) is 44.1 Å². The van der Waals surface area contributed by atoms with Gasteiger partial charge in [-0.2, -0.15) is 0 Å². The fourth-order valence-electron chi connectivity index (χ4n) is 4.32. The molecule has 2 atom stereocenters. The number of carbonyl (C=O) groups excluding carboxylic acids is 1. The summed E-state index contributed by atoms with van der Waals surface area (Å²) in [5.41, 5.74) is 1.56. The largest absolute Gasteiger partial charge is 0.352 e. The van der Waals surface area contributed by atoms with Gasteiger partial charge in [-0.15, -0.1) is 0 Å². The molecule has 0 saturated heterocycles. The summed E-state index contributed by atoms with van der Waals surface area (Å²) in [6.45, 7) is 0. The van der Waals surface area contributed by atoms with E-state index in [1.165, 1.54) is 11.6 Å². The lowest BCUT2D eigenvalue weighted by Gasteiger charge is -2.36. The van der Waals surface area contributed by atoms with Gasteiger partial charge in [-0.25, -0.2) is 4.39 Å². The zero-order valence-electron chi connectivity index (χ0n) is 14.4. The SMILES string of the molecule is O=C(N[C@H]1C[C@@H]1c1ccccc1)C1(c2cccc(F)c2)CCCCC1. The molecule has 0 aromatic heterocycles. The average Bonchev–Trinajstić information content (AvgIpc) is 3.42. The van der Waals surface area contributed by atoms with Crippen molar-refractivity contribution >= 4 is 5.91 Å². The lowest BCUT2D eigenvalue weighted by atomic mass is 9.68. The van der Waals surface area contributed by atoms with Crippen LogP contribution in [0.1, 0.15) is 55.6 Å². The zero-order valence-corrected chi connectivity index (χ0v) is 14.4. The maximum atomic E-state index is 13.8. The van der Waals surface area contributed by atoms with Gasteiger partial charge in [-0.05, 0) is 42.5 Å². The third kappa shape index (κ3) is 3.20. The quantitative estimate of drug-likeness (QED) is 0.861. The molecule has 0 heterocycles. The summed E-state index contributed by atoms with van der Waals surface area (Å²) in [5, 5.41) is 3.27. The van der Waals surface area contributed by atoms with Crippen molar-refractivity contribution in [1.82, 2.24) is 5.32 Å². The first kappa shape index (κ1) is 16.3. The van der Waals surface area contributed by atoms with Crippen LogP contribution in [0, 0.1) is 5.82 Å². The van der Waals surface area contributed by atoms with Crippen molar-refractivity contribution in [1.29, 1.82) is 0 Å². The number of halogens is 1. The fraction of sp³-hybridized carbons (Fsp3) is 0.409. The molecular formula is C22H24FNO. The Bertz CT molecular complexity index is 752. The minimum absolute atomic E-state index is 0.0845. The molecule has 1 N–H and O–H groups in total. The second kappa shape index (κ2) is 6.62. The monoisotopic (exact) mass is 337 g/mol. The third-order valence-corrected chi connectivity index (χ3v) is 5.85. The molecule has 2 fully saturated rings. The Kier molecular flexibility index (Phi) is 4.32. The molecule has 0 aliphatic heterocycles. The van der Waals surface area contributed by atoms with E-state index in [0.29, 0.717) is 5.92 Å². The number of hydrogen-bond donors (Lipinski definition) is 1. The van der Waals surface area contributed by atoms with Crippen molar-refractivity contribution in [2.45, 2.75) is 55.9 Å². The minimum atomic E-state index is -0.565. The molecule has 2 aliphatic rings. The summed E-state index contributed by atoms with van der Waals surface area (Å²) in [6.07, 6.45) is 5.82. The second-order valence-electron chi connectivity index (χ2n) is 7.49. The van der Waals surface area contributed by atoms with Crippen LogP contribution in [0.15, 0.2) is 54.6 Å². The van der Waals surface area contributed by atoms with E-state index in [4.69, 9.17) is 0 Å². The van der Waals surface area contributed by atoms with Gasteiger partial charge in [0.05, 0.1) is 5.41 Å². The van der Waals surface area contributed by atoms with Crippen molar-refractivity contribution < 1.29 is 9.18 Å². The van der Waals surface area contributed by atoms with Gasteiger partial charge >= 0.3 is 0 Å². The minimum Gasteiger partial charge on any atom is -0.352 e. The molecule has 4 rings (SSSR count). The van der Waals surface area contributed by atoms with Crippen molar-refractivity contribution in [3.8, 4) is 0 Å². The molecule has 130 valence electrons. The number of benzene rings is 2. The molecule has 2 aliphatic carbocycles. The van der Waals surface area contributed by atoms with Crippen LogP contribution in [0.4, 0.5) is 4.39 Å². The molecule has 25 heavy (non-hydrogen) atoms. The van der Waals surface area contributed by atoms with Crippen LogP contribution < -0.4 is 5.32 Å². The smallest absolute Gasteiger partial charge is 0.230 e. The summed E-state index contributed by atoms with van der Waals surface area (Å²) in [7, 11) is 0. The van der Waals surface area contributed by atoms with E-state index in [2.05, 4.69) is 17.4 Å². The summed E-state index contributed by atoms with van der Waals surface area (Å²) < 4.78 is 13.8. The second-order valence-corrected chi connectivity index (χ2v) is 7.49. The zero-order chi connectivity index (χ0) is 17.3. The van der Waals surface area contributed by atoms with Crippen molar-refractivity contribution in [2.75, 3.05) is 0 Å². The van der Waals surface area contributed by atoms with Crippen LogP contribution in [-0.2, 0) is 10.2 Å². The van der Waals surface area contributed by atoms with Gasteiger partial charge in [0.2, 0.25) is 5.91 Å². The van der Waals surface area contributed by atoms with Gasteiger partial charge in [-0.3, -0.25) is 4.79 Å². The summed E-state index contributed by atoms with van der Waals surface area (Å²) in [4.78, 5) is 13.2. The number of rotatable bonds is 4. The van der Waals surface area contributed by atoms with E-state index < -0.39 is 5.41 Å². The molecule has 2 aromatic carbocycles. The molecule has 0 spiro atoms. The van der Waals surface area contributed by atoms with Crippen LogP contribution in [-0.4, -0.2) is 11.9 Å². The molecule has 3 heteroatoms. The molecule has 2 saturated carbocycles. The predicted octanol–water partition coefficient (Wildman–Crippen LogP) is 4.70. The maximum absolute atomic E-state index is 13.8. The molecule has 2 aromatic rings. The molecule has 2 nitrogen and oxygen atoms in total. The Labute approximate surface area is 148 Å². The highest BCUT2D eigenvalue weighted by atomic mass is 19.1. The summed E-state index contributed by atoms with van der Waals surface area (Å²) in [6, 6.07) is 17.2. The first-order valence-corrected chi connectivity index (χ1v) is 9.31. The Hall–Kier alpha value is -2.16. The molecule has 0 unspecified atom stereocenters. The first-order valence-electron chi connectivity index (χ1n) is 9.31. The van der Waals surface area contributed by atoms with Crippen LogP contribution in [0.2, 0.25) is 0 Å². The Morgan fingerprint density at radius 1 is 1.00 bits per heavy atom. The van der Waals surface area contributed by atoms with Gasteiger partial charge in [0.1, 0.15) is 5.82 Å². The van der Waals surface area contributed by atoms with Gasteiger partial charge in [-0.1, -0.05) is 61.7 Å². The number of nitrogens with one attached hydrogen (secondary N) is 1. The molecule has 0 radical (unpaired) electrons. The number of hydrogen-bond acceptors (Lipinski definition) is 1. The standard InChI is InChI=1S/C22H24FNO/c23-18-11-7-10-17(14-18)22(12-5-2-6-13-22)21(25)24-20-15-19(20)16-8-3-1-4-9-16/h1,3-4,7-11,14,19-20H,2,5-6,12-13,15H2,(H,24,25)/t19-,20+/m1/s1. The van der Waals surface area contributed by atoms with E-state index in [9.17, 15) is 9.18 Å². The van der Waals surface area contributed by atoms with Gasteiger partial charge in [0.15, 0.2) is 0 Å². The maximum Gasteiger partial charge on any atom is 0.230 e. The van der Waals surface area contributed by atoms with Crippen LogP contribution in [0.3, 0.4) is 0 Å². The normalized spacial score (nSPS) is 24.5. The average molecular weight is 337 g/mol. The van der Waals surface area contributed by atoms with Crippen LogP contribution in [0.5, 0.6) is 0 Å². The Morgan fingerprint density at radius 3 is 2.48 bits per heavy atom. The molecule has 1 amide bonds. The third-order valence-electron chi connectivity index (χ3n) is 5.85. The highest BCUT2D eigenvalue weighted by Crippen LogP contribution is 2.44. The highest BCUT2D eigenvalue weighted by Gasteiger charge is 2.46. The Balaban J connectivity index is 1.53. The van der Waals surface area contributed by atoms with Gasteiger partial charge in [0.25, 0.3) is 0 Å².